The Balaban J connectivity index is 1.98. The van der Waals surface area contributed by atoms with Crippen LogP contribution in [0.5, 0.6) is 0 Å². The monoisotopic (exact) mass is 274 g/mol. The lowest BCUT2D eigenvalue weighted by atomic mass is 10.1. The molecular formula is C15H22N4O. The maximum Gasteiger partial charge on any atom is 0.0951 e. The van der Waals surface area contributed by atoms with Gasteiger partial charge in [0.25, 0.3) is 0 Å². The highest BCUT2D eigenvalue weighted by Gasteiger charge is 2.04. The highest BCUT2D eigenvalue weighted by atomic mass is 16.5. The minimum Gasteiger partial charge on any atom is -0.397 e. The SMILES string of the molecule is COCCN(C)CCNc1ccnc2c(N)cccc12. The van der Waals surface area contributed by atoms with Gasteiger partial charge in [-0.2, -0.15) is 0 Å². The van der Waals surface area contributed by atoms with Gasteiger partial charge in [-0.15, -0.1) is 0 Å². The zero-order chi connectivity index (χ0) is 14.4. The lowest BCUT2D eigenvalue weighted by molar-refractivity contribution is 0.163. The molecule has 3 N–H and O–H groups in total. The number of methoxy groups -OCH3 is 1. The molecule has 1 heterocycles. The summed E-state index contributed by atoms with van der Waals surface area (Å²) in [6, 6.07) is 7.85. The van der Waals surface area contributed by atoms with Gasteiger partial charge >= 0.3 is 0 Å². The van der Waals surface area contributed by atoms with Crippen molar-refractivity contribution in [2.75, 3.05) is 51.4 Å². The Morgan fingerprint density at radius 1 is 1.30 bits per heavy atom. The van der Waals surface area contributed by atoms with Gasteiger partial charge in [-0.1, -0.05) is 12.1 Å². The molecule has 0 bridgehead atoms. The topological polar surface area (TPSA) is 63.4 Å². The molecule has 5 nitrogen and oxygen atoms in total. The molecule has 0 saturated heterocycles. The Morgan fingerprint density at radius 3 is 2.95 bits per heavy atom. The second-order valence-corrected chi connectivity index (χ2v) is 4.82. The number of ether oxygens (including phenoxy) is 1. The van der Waals surface area contributed by atoms with Crippen LogP contribution >= 0.6 is 0 Å². The average molecular weight is 274 g/mol. The van der Waals surface area contributed by atoms with Gasteiger partial charge in [0, 0.05) is 44.0 Å². The molecule has 5 heteroatoms. The quantitative estimate of drug-likeness (QED) is 0.754. The number of fused-ring (bicyclic) bond motifs is 1. The van der Waals surface area contributed by atoms with E-state index in [0.717, 1.165) is 42.8 Å². The van der Waals surface area contributed by atoms with Crippen molar-refractivity contribution in [1.82, 2.24) is 9.88 Å². The number of hydrogen-bond acceptors (Lipinski definition) is 5. The van der Waals surface area contributed by atoms with Crippen molar-refractivity contribution < 1.29 is 4.74 Å². The fourth-order valence-corrected chi connectivity index (χ4v) is 2.09. The summed E-state index contributed by atoms with van der Waals surface area (Å²) < 4.78 is 5.06. The van der Waals surface area contributed by atoms with Crippen molar-refractivity contribution in [3.8, 4) is 0 Å². The van der Waals surface area contributed by atoms with Gasteiger partial charge in [0.05, 0.1) is 17.8 Å². The van der Waals surface area contributed by atoms with Crippen LogP contribution in [0.2, 0.25) is 0 Å². The minimum absolute atomic E-state index is 0.711. The predicted molar refractivity (Wildman–Crippen MR) is 84.0 cm³/mol. The third kappa shape index (κ3) is 3.59. The van der Waals surface area contributed by atoms with Crippen LogP contribution in [0.3, 0.4) is 0 Å². The summed E-state index contributed by atoms with van der Waals surface area (Å²) in [5, 5.41) is 4.51. The third-order valence-corrected chi connectivity index (χ3v) is 3.29. The highest BCUT2D eigenvalue weighted by molar-refractivity contribution is 5.97. The Kier molecular flexibility index (Phi) is 5.15. The van der Waals surface area contributed by atoms with E-state index in [9.17, 15) is 0 Å². The fraction of sp³-hybridized carbons (Fsp3) is 0.400. The largest absolute Gasteiger partial charge is 0.397 e. The van der Waals surface area contributed by atoms with Gasteiger partial charge in [-0.05, 0) is 19.2 Å². The van der Waals surface area contributed by atoms with Crippen molar-refractivity contribution >= 4 is 22.3 Å². The predicted octanol–water partition coefficient (Wildman–Crippen LogP) is 1.81. The summed E-state index contributed by atoms with van der Waals surface area (Å²) in [4.78, 5) is 6.56. The Labute approximate surface area is 119 Å². The molecule has 0 unspecified atom stereocenters. The standard InChI is InChI=1S/C15H22N4O/c1-19(10-11-20-2)9-8-17-14-6-7-18-15-12(14)4-3-5-13(15)16/h3-7H,8-11,16H2,1-2H3,(H,17,18). The molecule has 1 aromatic carbocycles. The number of pyridine rings is 1. The molecule has 1 aromatic heterocycles. The molecule has 0 spiro atoms. The van der Waals surface area contributed by atoms with Crippen LogP contribution in [0, 0.1) is 0 Å². The Bertz CT molecular complexity index is 559. The van der Waals surface area contributed by atoms with Crippen LogP contribution in [0.1, 0.15) is 0 Å². The van der Waals surface area contributed by atoms with Gasteiger partial charge in [0.15, 0.2) is 0 Å². The smallest absolute Gasteiger partial charge is 0.0951 e. The number of hydrogen-bond donors (Lipinski definition) is 2. The summed E-state index contributed by atoms with van der Waals surface area (Å²) in [5.74, 6) is 0. The average Bonchev–Trinajstić information content (AvgIpc) is 2.46. The second kappa shape index (κ2) is 7.07. The van der Waals surface area contributed by atoms with Crippen molar-refractivity contribution in [2.45, 2.75) is 0 Å². The molecule has 0 amide bonds. The normalized spacial score (nSPS) is 11.2. The first-order valence-corrected chi connectivity index (χ1v) is 6.77. The van der Waals surface area contributed by atoms with Crippen molar-refractivity contribution in [3.63, 3.8) is 0 Å². The number of benzene rings is 1. The zero-order valence-electron chi connectivity index (χ0n) is 12.1. The van der Waals surface area contributed by atoms with Crippen LogP contribution in [-0.2, 0) is 4.74 Å². The maximum absolute atomic E-state index is 5.94. The molecule has 0 fully saturated rings. The molecule has 108 valence electrons. The lowest BCUT2D eigenvalue weighted by Crippen LogP contribution is -2.28. The molecule has 20 heavy (non-hydrogen) atoms. The van der Waals surface area contributed by atoms with E-state index in [1.165, 1.54) is 0 Å². The highest BCUT2D eigenvalue weighted by Crippen LogP contribution is 2.25. The van der Waals surface area contributed by atoms with Crippen molar-refractivity contribution in [3.05, 3.63) is 30.5 Å². The molecule has 0 atom stereocenters. The number of rotatable bonds is 7. The first-order chi connectivity index (χ1) is 9.72. The number of nitrogens with zero attached hydrogens (tertiary/aromatic N) is 2. The molecule has 0 aliphatic heterocycles. The minimum atomic E-state index is 0.711. The van der Waals surface area contributed by atoms with E-state index in [1.807, 2.05) is 24.3 Å². The number of para-hydroxylation sites is 1. The summed E-state index contributed by atoms with van der Waals surface area (Å²) >= 11 is 0. The third-order valence-electron chi connectivity index (χ3n) is 3.29. The number of nitrogens with two attached hydrogens (primary N) is 1. The number of nitrogen functional groups attached to an aromatic ring is 1. The molecule has 0 aliphatic rings. The zero-order valence-corrected chi connectivity index (χ0v) is 12.1. The summed E-state index contributed by atoms with van der Waals surface area (Å²) in [6.45, 7) is 3.51. The van der Waals surface area contributed by atoms with Crippen molar-refractivity contribution in [2.24, 2.45) is 0 Å². The van der Waals surface area contributed by atoms with E-state index in [2.05, 4.69) is 22.2 Å². The molecule has 0 aliphatic carbocycles. The van der Waals surface area contributed by atoms with E-state index >= 15 is 0 Å². The van der Waals surface area contributed by atoms with E-state index in [-0.39, 0.29) is 0 Å². The van der Waals surface area contributed by atoms with Gasteiger partial charge in [0.2, 0.25) is 0 Å². The number of nitrogens with one attached hydrogen (secondary N) is 1. The molecule has 0 saturated carbocycles. The summed E-state index contributed by atoms with van der Waals surface area (Å²) in [6.07, 6.45) is 1.79. The molecular weight excluding hydrogens is 252 g/mol. The second-order valence-electron chi connectivity index (χ2n) is 4.82. The Morgan fingerprint density at radius 2 is 2.15 bits per heavy atom. The van der Waals surface area contributed by atoms with Crippen LogP contribution in [-0.4, -0.2) is 50.3 Å². The number of likely N-dealkylation sites (N-methyl/N-ethyl adjacent to an activating group) is 1. The Hall–Kier alpha value is -1.85. The van der Waals surface area contributed by atoms with E-state index in [0.29, 0.717) is 5.69 Å². The van der Waals surface area contributed by atoms with Crippen molar-refractivity contribution in [1.29, 1.82) is 0 Å². The van der Waals surface area contributed by atoms with Crippen LogP contribution in [0.4, 0.5) is 11.4 Å². The van der Waals surface area contributed by atoms with Gasteiger partial charge in [-0.3, -0.25) is 4.98 Å². The van der Waals surface area contributed by atoms with Crippen LogP contribution in [0.15, 0.2) is 30.5 Å². The van der Waals surface area contributed by atoms with Crippen LogP contribution in [0.25, 0.3) is 10.9 Å². The fourth-order valence-electron chi connectivity index (χ4n) is 2.09. The van der Waals surface area contributed by atoms with Gasteiger partial charge in [-0.25, -0.2) is 0 Å². The van der Waals surface area contributed by atoms with Crippen LogP contribution < -0.4 is 11.1 Å². The first kappa shape index (κ1) is 14.6. The van der Waals surface area contributed by atoms with E-state index in [4.69, 9.17) is 10.5 Å². The molecule has 2 rings (SSSR count). The van der Waals surface area contributed by atoms with E-state index in [1.54, 1.807) is 13.3 Å². The summed E-state index contributed by atoms with van der Waals surface area (Å²) in [7, 11) is 3.81. The summed E-state index contributed by atoms with van der Waals surface area (Å²) in [5.41, 5.74) is 8.58. The van der Waals surface area contributed by atoms with Gasteiger partial charge in [0.1, 0.15) is 0 Å². The number of aromatic nitrogens is 1. The maximum atomic E-state index is 5.94. The van der Waals surface area contributed by atoms with Gasteiger partial charge < -0.3 is 20.7 Å². The molecule has 2 aromatic rings. The number of anilines is 2. The first-order valence-electron chi connectivity index (χ1n) is 6.77. The molecule has 0 radical (unpaired) electrons. The lowest BCUT2D eigenvalue weighted by Gasteiger charge is -2.17. The van der Waals surface area contributed by atoms with E-state index < -0.39 is 0 Å².